The van der Waals surface area contributed by atoms with Gasteiger partial charge in [-0.2, -0.15) is 17.2 Å². The fraction of sp³-hybridized carbons (Fsp3) is 0.833. The summed E-state index contributed by atoms with van der Waals surface area (Å²) >= 11 is 0. The van der Waals surface area contributed by atoms with E-state index in [-0.39, 0.29) is 29.2 Å². The first-order valence-electron chi connectivity index (χ1n) is 10.00. The molecule has 1 aliphatic heterocycles. The van der Waals surface area contributed by atoms with Gasteiger partial charge in [0.05, 0.1) is 5.92 Å². The Balaban J connectivity index is 1.43. The number of ether oxygens (including phenoxy) is 1. The number of rotatable bonds is 6. The van der Waals surface area contributed by atoms with Crippen LogP contribution in [0, 0.1) is 23.7 Å². The Morgan fingerprint density at radius 1 is 1.03 bits per heavy atom. The first-order valence-corrected chi connectivity index (χ1v) is 11.4. The molecule has 5 rings (SSSR count). The van der Waals surface area contributed by atoms with Crippen LogP contribution in [0.25, 0.3) is 0 Å². The Labute approximate surface area is 167 Å². The molecule has 2 amide bonds. The van der Waals surface area contributed by atoms with E-state index in [1.165, 1.54) is 0 Å². The van der Waals surface area contributed by atoms with E-state index >= 15 is 0 Å². The summed E-state index contributed by atoms with van der Waals surface area (Å²) in [4.78, 5) is 36.3. The summed E-state index contributed by atoms with van der Waals surface area (Å²) in [7, 11) is -5.93. The second kappa shape index (κ2) is 7.26. The molecule has 162 valence electrons. The van der Waals surface area contributed by atoms with Gasteiger partial charge in [-0.15, -0.1) is 9.35 Å². The van der Waals surface area contributed by atoms with Crippen LogP contribution in [0.5, 0.6) is 0 Å². The molecule has 0 radical (unpaired) electrons. The molecule has 0 spiro atoms. The third kappa shape index (κ3) is 3.56. The molecule has 1 heterocycles. The summed E-state index contributed by atoms with van der Waals surface area (Å²) in [5, 5.41) is -5.17. The lowest BCUT2D eigenvalue weighted by atomic mass is 9.69. The van der Waals surface area contributed by atoms with Crippen molar-refractivity contribution in [3.8, 4) is 0 Å². The highest BCUT2D eigenvalue weighted by Gasteiger charge is 2.60. The highest BCUT2D eigenvalue weighted by Crippen LogP contribution is 2.44. The maximum Gasteiger partial charge on any atom is 0.467 e. The number of esters is 1. The lowest BCUT2D eigenvalue weighted by Crippen LogP contribution is -2.48. The third-order valence-electron chi connectivity index (χ3n) is 6.82. The molecular weight excluding hydrogens is 412 g/mol. The van der Waals surface area contributed by atoms with Gasteiger partial charge in [0, 0.05) is 6.42 Å². The fourth-order valence-corrected chi connectivity index (χ4v) is 5.53. The van der Waals surface area contributed by atoms with Crippen molar-refractivity contribution in [2.24, 2.45) is 23.7 Å². The summed E-state index contributed by atoms with van der Waals surface area (Å²) in [5.74, 6) is -4.85. The average Bonchev–Trinajstić information content (AvgIpc) is 2.89. The van der Waals surface area contributed by atoms with Crippen molar-refractivity contribution in [3.63, 3.8) is 0 Å². The number of hydrogen-bond acceptors (Lipinski definition) is 7. The first kappa shape index (κ1) is 20.6. The van der Waals surface area contributed by atoms with Crippen LogP contribution in [-0.2, 0) is 33.5 Å². The molecule has 0 aromatic heterocycles. The van der Waals surface area contributed by atoms with Gasteiger partial charge in [-0.1, -0.05) is 6.42 Å². The Bertz CT molecular complexity index is 818. The van der Waals surface area contributed by atoms with Crippen molar-refractivity contribution in [1.82, 2.24) is 5.06 Å². The molecule has 0 aromatic rings. The Kier molecular flexibility index (Phi) is 5.17. The van der Waals surface area contributed by atoms with Gasteiger partial charge in [0.15, 0.2) is 0 Å². The van der Waals surface area contributed by atoms with Crippen molar-refractivity contribution < 1.29 is 40.6 Å². The molecule has 2 bridgehead atoms. The van der Waals surface area contributed by atoms with E-state index in [0.717, 1.165) is 32.1 Å². The predicted molar refractivity (Wildman–Crippen MR) is 92.2 cm³/mol. The van der Waals surface area contributed by atoms with Gasteiger partial charge in [-0.05, 0) is 62.7 Å². The fourth-order valence-electron chi connectivity index (χ4n) is 4.83. The number of carbonyl (C=O) groups is 3. The van der Waals surface area contributed by atoms with E-state index in [1.54, 1.807) is 0 Å². The van der Waals surface area contributed by atoms with Crippen molar-refractivity contribution in [2.75, 3.05) is 0 Å². The summed E-state index contributed by atoms with van der Waals surface area (Å²) in [5.41, 5.74) is 0. The largest absolute Gasteiger partial charge is 0.467 e. The van der Waals surface area contributed by atoms with Crippen molar-refractivity contribution in [2.45, 2.75) is 69.1 Å². The average molecular weight is 435 g/mol. The highest BCUT2D eigenvalue weighted by atomic mass is 32.2. The standard InChI is InChI=1S/C18H23F2NO7S/c19-18(20,17(24)27-14-8-10-4-6-12(14)7-5-10)29(25,26)28-21-15(22)9-13(16(21)23)11-2-1-3-11/h10-14H,1-9H2. The molecule has 11 heteroatoms. The predicted octanol–water partition coefficient (Wildman–Crippen LogP) is 2.14. The van der Waals surface area contributed by atoms with Crippen LogP contribution >= 0.6 is 0 Å². The number of hydrogen-bond donors (Lipinski definition) is 0. The van der Waals surface area contributed by atoms with Crippen LogP contribution in [-0.4, -0.2) is 42.6 Å². The monoisotopic (exact) mass is 435 g/mol. The minimum absolute atomic E-state index is 0.0617. The third-order valence-corrected chi connectivity index (χ3v) is 7.96. The maximum atomic E-state index is 14.4. The minimum atomic E-state index is -5.93. The second-order valence-electron chi connectivity index (χ2n) is 8.53. The number of alkyl halides is 2. The van der Waals surface area contributed by atoms with Crippen molar-refractivity contribution in [1.29, 1.82) is 0 Å². The SMILES string of the molecule is O=C1CC(C2CCC2)C(=O)N1OS(=O)(=O)C(F)(F)C(=O)OC1CC2CCC1CC2. The molecular formula is C18H23F2NO7S. The lowest BCUT2D eigenvalue weighted by molar-refractivity contribution is -0.179. The number of hydroxylamine groups is 2. The Morgan fingerprint density at radius 2 is 1.69 bits per heavy atom. The van der Waals surface area contributed by atoms with Gasteiger partial charge in [-0.25, -0.2) is 4.79 Å². The topological polar surface area (TPSA) is 107 Å². The van der Waals surface area contributed by atoms with E-state index in [9.17, 15) is 31.6 Å². The molecule has 29 heavy (non-hydrogen) atoms. The van der Waals surface area contributed by atoms with Gasteiger partial charge >= 0.3 is 21.3 Å². The number of carbonyl (C=O) groups excluding carboxylic acids is 3. The van der Waals surface area contributed by atoms with Crippen LogP contribution in [0.15, 0.2) is 0 Å². The molecule has 0 aromatic carbocycles. The molecule has 5 fully saturated rings. The Morgan fingerprint density at radius 3 is 2.21 bits per heavy atom. The number of fused-ring (bicyclic) bond motifs is 3. The Hall–Kier alpha value is -1.62. The van der Waals surface area contributed by atoms with E-state index in [2.05, 4.69) is 4.28 Å². The molecule has 4 saturated carbocycles. The highest BCUT2D eigenvalue weighted by molar-refractivity contribution is 7.88. The summed E-state index contributed by atoms with van der Waals surface area (Å²) in [6, 6.07) is 0. The quantitative estimate of drug-likeness (QED) is 0.465. The smallest absolute Gasteiger partial charge is 0.457 e. The van der Waals surface area contributed by atoms with Crippen LogP contribution in [0.4, 0.5) is 8.78 Å². The van der Waals surface area contributed by atoms with Gasteiger partial charge in [-0.3, -0.25) is 9.59 Å². The summed E-state index contributed by atoms with van der Waals surface area (Å²) < 4.78 is 62.0. The second-order valence-corrected chi connectivity index (χ2v) is 10.1. The van der Waals surface area contributed by atoms with Gasteiger partial charge < -0.3 is 4.74 Å². The first-order chi connectivity index (χ1) is 13.6. The number of amides is 2. The molecule has 0 N–H and O–H groups in total. The van der Waals surface area contributed by atoms with E-state index in [1.807, 2.05) is 0 Å². The summed E-state index contributed by atoms with van der Waals surface area (Å²) in [6.45, 7) is 0. The lowest BCUT2D eigenvalue weighted by Gasteiger charge is -2.41. The number of halogens is 2. The van der Waals surface area contributed by atoms with Crippen LogP contribution in [0.3, 0.4) is 0 Å². The number of imide groups is 1. The zero-order valence-electron chi connectivity index (χ0n) is 15.7. The van der Waals surface area contributed by atoms with E-state index in [0.29, 0.717) is 19.3 Å². The zero-order chi connectivity index (χ0) is 21.0. The molecule has 4 aliphatic carbocycles. The van der Waals surface area contributed by atoms with Gasteiger partial charge in [0.1, 0.15) is 6.10 Å². The number of nitrogens with zero attached hydrogens (tertiary/aromatic N) is 1. The van der Waals surface area contributed by atoms with Crippen LogP contribution < -0.4 is 0 Å². The van der Waals surface area contributed by atoms with Crippen LogP contribution in [0.1, 0.15) is 57.8 Å². The summed E-state index contributed by atoms with van der Waals surface area (Å²) in [6.07, 6.45) is 5.05. The molecule has 2 unspecified atom stereocenters. The zero-order valence-corrected chi connectivity index (χ0v) is 16.5. The van der Waals surface area contributed by atoms with Crippen LogP contribution in [0.2, 0.25) is 0 Å². The molecule has 1 saturated heterocycles. The van der Waals surface area contributed by atoms with Crippen molar-refractivity contribution >= 4 is 27.9 Å². The maximum absolute atomic E-state index is 14.4. The molecule has 5 aliphatic rings. The normalized spacial score (nSPS) is 33.1. The minimum Gasteiger partial charge on any atom is -0.457 e. The molecule has 2 atom stereocenters. The van der Waals surface area contributed by atoms with Crippen molar-refractivity contribution in [3.05, 3.63) is 0 Å². The van der Waals surface area contributed by atoms with Gasteiger partial charge in [0.2, 0.25) is 0 Å². The molecule has 8 nitrogen and oxygen atoms in total. The van der Waals surface area contributed by atoms with E-state index in [4.69, 9.17) is 4.74 Å². The van der Waals surface area contributed by atoms with Gasteiger partial charge in [0.25, 0.3) is 11.8 Å². The van der Waals surface area contributed by atoms with E-state index < -0.39 is 45.2 Å².